The van der Waals surface area contributed by atoms with E-state index < -0.39 is 0 Å². The molecule has 0 amide bonds. The van der Waals surface area contributed by atoms with Gasteiger partial charge in [0.2, 0.25) is 0 Å². The first-order valence-corrected chi connectivity index (χ1v) is 7.98. The second-order valence-corrected chi connectivity index (χ2v) is 6.62. The molecule has 0 aliphatic rings. The Morgan fingerprint density at radius 1 is 0.591 bits per heavy atom. The Balaban J connectivity index is 1.98. The molecule has 0 saturated heterocycles. The molecular weight excluding hydrogens is 268 g/mol. The lowest BCUT2D eigenvalue weighted by atomic mass is 10.0. The molecule has 0 N–H and O–H groups in total. The van der Waals surface area contributed by atoms with E-state index in [0.717, 1.165) is 25.9 Å². The van der Waals surface area contributed by atoms with Crippen LogP contribution in [0.3, 0.4) is 0 Å². The molecule has 0 atom stereocenters. The Bertz CT molecular complexity index is 534. The lowest BCUT2D eigenvalue weighted by molar-refractivity contribution is 0.402. The van der Waals surface area contributed by atoms with Crippen molar-refractivity contribution in [2.75, 3.05) is 28.2 Å². The van der Waals surface area contributed by atoms with Crippen LogP contribution in [-0.2, 0) is 25.9 Å². The monoisotopic (exact) mass is 296 g/mol. The summed E-state index contributed by atoms with van der Waals surface area (Å²) in [6.45, 7) is 2.01. The van der Waals surface area contributed by atoms with E-state index in [9.17, 15) is 0 Å². The third kappa shape index (κ3) is 5.63. The number of aryl methyl sites for hydroxylation is 2. The van der Waals surface area contributed by atoms with E-state index in [1.54, 1.807) is 0 Å². The molecule has 0 saturated carbocycles. The van der Waals surface area contributed by atoms with Gasteiger partial charge in [0, 0.05) is 13.1 Å². The summed E-state index contributed by atoms with van der Waals surface area (Å²) in [6.07, 6.45) is 2.21. The van der Waals surface area contributed by atoms with Crippen LogP contribution < -0.4 is 0 Å². The van der Waals surface area contributed by atoms with Crippen LogP contribution in [0.15, 0.2) is 48.5 Å². The predicted molar refractivity (Wildman–Crippen MR) is 95.1 cm³/mol. The Morgan fingerprint density at radius 3 is 1.32 bits per heavy atom. The minimum Gasteiger partial charge on any atom is -0.305 e. The normalized spacial score (nSPS) is 11.4. The molecule has 2 heteroatoms. The van der Waals surface area contributed by atoms with Crippen LogP contribution in [0.4, 0.5) is 0 Å². The molecular formula is C20H28N2. The molecule has 0 spiro atoms. The van der Waals surface area contributed by atoms with Crippen molar-refractivity contribution in [1.29, 1.82) is 0 Å². The minimum absolute atomic E-state index is 1.01. The maximum atomic E-state index is 2.34. The van der Waals surface area contributed by atoms with Crippen molar-refractivity contribution in [2.45, 2.75) is 25.9 Å². The molecule has 0 aliphatic heterocycles. The molecule has 2 nitrogen and oxygen atoms in total. The van der Waals surface area contributed by atoms with Crippen molar-refractivity contribution in [1.82, 2.24) is 9.80 Å². The number of rotatable bonds is 7. The molecule has 0 aromatic heterocycles. The van der Waals surface area contributed by atoms with Gasteiger partial charge in [-0.1, -0.05) is 48.5 Å². The topological polar surface area (TPSA) is 6.48 Å². The number of hydrogen-bond acceptors (Lipinski definition) is 2. The highest BCUT2D eigenvalue weighted by Gasteiger charge is 2.01. The van der Waals surface area contributed by atoms with Gasteiger partial charge in [-0.2, -0.15) is 0 Å². The summed E-state index contributed by atoms with van der Waals surface area (Å²) in [5, 5.41) is 0. The second-order valence-electron chi connectivity index (χ2n) is 6.62. The first kappa shape index (κ1) is 16.7. The van der Waals surface area contributed by atoms with Crippen LogP contribution in [0.25, 0.3) is 0 Å². The van der Waals surface area contributed by atoms with Gasteiger partial charge in [-0.05, 0) is 63.3 Å². The van der Waals surface area contributed by atoms with E-state index >= 15 is 0 Å². The Labute approximate surface area is 135 Å². The van der Waals surface area contributed by atoms with Gasteiger partial charge in [-0.25, -0.2) is 0 Å². The zero-order valence-corrected chi connectivity index (χ0v) is 14.3. The molecule has 22 heavy (non-hydrogen) atoms. The molecule has 0 heterocycles. The average Bonchev–Trinajstić information content (AvgIpc) is 2.44. The molecule has 0 bridgehead atoms. The van der Waals surface area contributed by atoms with Gasteiger partial charge in [-0.15, -0.1) is 0 Å². The molecule has 118 valence electrons. The fourth-order valence-corrected chi connectivity index (χ4v) is 2.79. The zero-order valence-electron chi connectivity index (χ0n) is 14.3. The van der Waals surface area contributed by atoms with E-state index in [-0.39, 0.29) is 0 Å². The second kappa shape index (κ2) is 8.11. The van der Waals surface area contributed by atoms with Crippen LogP contribution in [0.2, 0.25) is 0 Å². The van der Waals surface area contributed by atoms with Gasteiger partial charge in [0.05, 0.1) is 0 Å². The summed E-state index contributed by atoms with van der Waals surface area (Å²) < 4.78 is 0. The van der Waals surface area contributed by atoms with Crippen molar-refractivity contribution >= 4 is 0 Å². The van der Waals surface area contributed by atoms with Gasteiger partial charge < -0.3 is 9.80 Å². The van der Waals surface area contributed by atoms with Crippen LogP contribution in [0, 0.1) is 0 Å². The van der Waals surface area contributed by atoms with E-state index in [0.29, 0.717) is 0 Å². The summed E-state index contributed by atoms with van der Waals surface area (Å²) in [6, 6.07) is 17.9. The summed E-state index contributed by atoms with van der Waals surface area (Å²) in [5.41, 5.74) is 5.64. The molecule has 2 rings (SSSR count). The Hall–Kier alpha value is -1.64. The molecule has 0 fully saturated rings. The largest absolute Gasteiger partial charge is 0.305 e. The summed E-state index contributed by atoms with van der Waals surface area (Å²) >= 11 is 0. The first-order valence-electron chi connectivity index (χ1n) is 7.98. The average molecular weight is 296 g/mol. The maximum Gasteiger partial charge on any atom is 0.0227 e. The Kier molecular flexibility index (Phi) is 6.17. The highest BCUT2D eigenvalue weighted by atomic mass is 15.1. The summed E-state index contributed by atoms with van der Waals surface area (Å²) in [4.78, 5) is 4.42. The van der Waals surface area contributed by atoms with E-state index in [4.69, 9.17) is 0 Å². The van der Waals surface area contributed by atoms with Gasteiger partial charge in [0.25, 0.3) is 0 Å². The van der Waals surface area contributed by atoms with Gasteiger partial charge in [-0.3, -0.25) is 0 Å². The van der Waals surface area contributed by atoms with Crippen LogP contribution in [-0.4, -0.2) is 38.0 Å². The van der Waals surface area contributed by atoms with E-state index in [1.165, 1.54) is 22.3 Å². The van der Waals surface area contributed by atoms with Gasteiger partial charge in [0.1, 0.15) is 0 Å². The minimum atomic E-state index is 1.01. The summed E-state index contributed by atoms with van der Waals surface area (Å²) in [5.74, 6) is 0. The van der Waals surface area contributed by atoms with Crippen molar-refractivity contribution in [3.8, 4) is 0 Å². The SMILES string of the molecule is CN(C)Cc1cccc(CCc2cccc(CN(C)C)c2)c1. The zero-order chi connectivity index (χ0) is 15.9. The summed E-state index contributed by atoms with van der Waals surface area (Å²) in [7, 11) is 8.46. The van der Waals surface area contributed by atoms with Crippen molar-refractivity contribution in [3.05, 3.63) is 70.8 Å². The first-order chi connectivity index (χ1) is 10.5. The fourth-order valence-electron chi connectivity index (χ4n) is 2.79. The van der Waals surface area contributed by atoms with Crippen LogP contribution in [0.1, 0.15) is 22.3 Å². The van der Waals surface area contributed by atoms with Gasteiger partial charge >= 0.3 is 0 Å². The standard InChI is InChI=1S/C20H28N2/c1-21(2)15-19-9-5-7-17(13-19)11-12-18-8-6-10-20(14-18)16-22(3)4/h5-10,13-14H,11-12,15-16H2,1-4H3. The van der Waals surface area contributed by atoms with Crippen LogP contribution >= 0.6 is 0 Å². The maximum absolute atomic E-state index is 2.34. The van der Waals surface area contributed by atoms with Gasteiger partial charge in [0.15, 0.2) is 0 Å². The molecule has 0 radical (unpaired) electrons. The number of hydrogen-bond donors (Lipinski definition) is 0. The third-order valence-electron chi connectivity index (χ3n) is 3.68. The third-order valence-corrected chi connectivity index (χ3v) is 3.68. The highest BCUT2D eigenvalue weighted by Crippen LogP contribution is 2.13. The lowest BCUT2D eigenvalue weighted by Gasteiger charge is -2.12. The molecule has 2 aromatic rings. The fraction of sp³-hybridized carbons (Fsp3) is 0.400. The van der Waals surface area contributed by atoms with Crippen LogP contribution in [0.5, 0.6) is 0 Å². The van der Waals surface area contributed by atoms with E-state index in [2.05, 4.69) is 86.5 Å². The smallest absolute Gasteiger partial charge is 0.0227 e. The Morgan fingerprint density at radius 2 is 0.955 bits per heavy atom. The van der Waals surface area contributed by atoms with Crippen molar-refractivity contribution in [3.63, 3.8) is 0 Å². The van der Waals surface area contributed by atoms with Crippen molar-refractivity contribution in [2.24, 2.45) is 0 Å². The predicted octanol–water partition coefficient (Wildman–Crippen LogP) is 3.60. The van der Waals surface area contributed by atoms with Crippen molar-refractivity contribution < 1.29 is 0 Å². The van der Waals surface area contributed by atoms with E-state index in [1.807, 2.05) is 0 Å². The molecule has 2 aromatic carbocycles. The lowest BCUT2D eigenvalue weighted by Crippen LogP contribution is -2.11. The molecule has 0 unspecified atom stereocenters. The molecule has 0 aliphatic carbocycles. The number of benzene rings is 2. The highest BCUT2D eigenvalue weighted by molar-refractivity contribution is 5.27. The number of nitrogens with zero attached hydrogens (tertiary/aromatic N) is 2. The quantitative estimate of drug-likeness (QED) is 0.770.